The van der Waals surface area contributed by atoms with Crippen molar-refractivity contribution in [3.05, 3.63) is 16.9 Å². The van der Waals surface area contributed by atoms with Crippen molar-refractivity contribution in [1.82, 2.24) is 14.8 Å². The van der Waals surface area contributed by atoms with Gasteiger partial charge < -0.3 is 5.11 Å². The summed E-state index contributed by atoms with van der Waals surface area (Å²) in [5, 5.41) is 17.3. The van der Waals surface area contributed by atoms with Gasteiger partial charge in [0.05, 0.1) is 10.7 Å². The first-order chi connectivity index (χ1) is 9.56. The molecule has 1 amide bonds. The number of amides is 1. The molecule has 1 aromatic rings. The highest BCUT2D eigenvalue weighted by atomic mass is 79.9. The summed E-state index contributed by atoms with van der Waals surface area (Å²) in [6.07, 6.45) is -2.92. The first kappa shape index (κ1) is 16.0. The number of aliphatic hydroxyl groups is 1. The normalized spacial score (nSPS) is 24.1. The predicted molar refractivity (Wildman–Crippen MR) is 70.2 cm³/mol. The number of hydrogen-bond donors (Lipinski definition) is 1. The van der Waals surface area contributed by atoms with Crippen molar-refractivity contribution in [2.75, 3.05) is 0 Å². The number of carbonyl (C=O) groups is 1. The highest BCUT2D eigenvalue weighted by Gasteiger charge is 2.63. The molecule has 0 aliphatic carbocycles. The molecular weight excluding hydrogens is 357 g/mol. The second-order valence-electron chi connectivity index (χ2n) is 4.79. The zero-order valence-electron chi connectivity index (χ0n) is 11.1. The molecule has 2 atom stereocenters. The van der Waals surface area contributed by atoms with E-state index in [9.17, 15) is 23.1 Å². The van der Waals surface area contributed by atoms with Gasteiger partial charge in [-0.25, -0.2) is 0 Å². The average molecular weight is 369 g/mol. The van der Waals surface area contributed by atoms with Gasteiger partial charge in [0, 0.05) is 18.3 Å². The van der Waals surface area contributed by atoms with Gasteiger partial charge in [0.25, 0.3) is 11.6 Å². The van der Waals surface area contributed by atoms with E-state index in [0.717, 1.165) is 0 Å². The largest absolute Gasteiger partial charge is 0.438 e. The van der Waals surface area contributed by atoms with E-state index in [1.807, 2.05) is 0 Å². The van der Waals surface area contributed by atoms with Crippen molar-refractivity contribution < 1.29 is 23.1 Å². The third-order valence-corrected chi connectivity index (χ3v) is 3.52. The third kappa shape index (κ3) is 2.69. The van der Waals surface area contributed by atoms with Gasteiger partial charge in [-0.3, -0.25) is 9.48 Å². The molecule has 0 bridgehead atoms. The monoisotopic (exact) mass is 368 g/mol. The quantitative estimate of drug-likeness (QED) is 0.868. The van der Waals surface area contributed by atoms with Crippen molar-refractivity contribution in [2.24, 2.45) is 5.10 Å². The van der Waals surface area contributed by atoms with E-state index in [4.69, 9.17) is 0 Å². The van der Waals surface area contributed by atoms with Crippen molar-refractivity contribution >= 4 is 27.5 Å². The smallest absolute Gasteiger partial charge is 0.362 e. The van der Waals surface area contributed by atoms with Crippen LogP contribution in [0.1, 0.15) is 26.3 Å². The highest BCUT2D eigenvalue weighted by Crippen LogP contribution is 2.41. The van der Waals surface area contributed by atoms with E-state index in [-0.39, 0.29) is 10.7 Å². The SMILES string of the molecule is CC1=NN(C(=O)[C@H](C)n2cc(Br)cn2)[C@](O)(C(F)(F)F)C1. The van der Waals surface area contributed by atoms with Crippen LogP contribution in [0.5, 0.6) is 0 Å². The van der Waals surface area contributed by atoms with Crippen molar-refractivity contribution in [3.63, 3.8) is 0 Å². The Morgan fingerprint density at radius 3 is 2.67 bits per heavy atom. The minimum Gasteiger partial charge on any atom is -0.362 e. The van der Waals surface area contributed by atoms with E-state index < -0.39 is 30.3 Å². The standard InChI is InChI=1S/C11H12BrF3N4O2/c1-6-3-10(21,11(13,14)15)19(17-6)9(20)7(2)18-5-8(12)4-16-18/h4-5,7,21H,3H2,1-2H3/t7-,10+/m0/s1. The Morgan fingerprint density at radius 2 is 2.19 bits per heavy atom. The van der Waals surface area contributed by atoms with Gasteiger partial charge in [-0.05, 0) is 29.8 Å². The average Bonchev–Trinajstić information content (AvgIpc) is 2.91. The van der Waals surface area contributed by atoms with Crippen LogP contribution in [0.3, 0.4) is 0 Å². The van der Waals surface area contributed by atoms with E-state index in [1.165, 1.54) is 30.9 Å². The summed E-state index contributed by atoms with van der Waals surface area (Å²) < 4.78 is 40.9. The van der Waals surface area contributed by atoms with Gasteiger partial charge in [-0.1, -0.05) is 0 Å². The van der Waals surface area contributed by atoms with Crippen LogP contribution in [0.15, 0.2) is 22.0 Å². The van der Waals surface area contributed by atoms with E-state index in [0.29, 0.717) is 4.47 Å². The minimum absolute atomic E-state index is 0.0250. The number of hydrogen-bond acceptors (Lipinski definition) is 4. The Balaban J connectivity index is 2.32. The molecule has 0 saturated carbocycles. The molecule has 0 saturated heterocycles. The number of carbonyl (C=O) groups excluding carboxylic acids is 1. The van der Waals surface area contributed by atoms with E-state index >= 15 is 0 Å². The summed E-state index contributed by atoms with van der Waals surface area (Å²) in [5.74, 6) is -0.998. The molecular formula is C11H12BrF3N4O2. The Bertz CT molecular complexity index is 601. The molecule has 10 heteroatoms. The molecule has 1 aliphatic heterocycles. The molecule has 0 radical (unpaired) electrons. The van der Waals surface area contributed by atoms with Crippen LogP contribution in [0.4, 0.5) is 13.2 Å². The summed E-state index contributed by atoms with van der Waals surface area (Å²) in [6.45, 7) is 2.70. The lowest BCUT2D eigenvalue weighted by atomic mass is 10.1. The van der Waals surface area contributed by atoms with Crippen molar-refractivity contribution in [2.45, 2.75) is 38.2 Å². The predicted octanol–water partition coefficient (Wildman–Crippen LogP) is 2.07. The van der Waals surface area contributed by atoms with Gasteiger partial charge in [-0.2, -0.15) is 28.4 Å². The first-order valence-corrected chi connectivity index (χ1v) is 6.72. The van der Waals surface area contributed by atoms with Crippen LogP contribution in [0.2, 0.25) is 0 Å². The molecule has 1 aliphatic rings. The Morgan fingerprint density at radius 1 is 1.57 bits per heavy atom. The molecule has 116 valence electrons. The number of nitrogens with zero attached hydrogens (tertiary/aromatic N) is 4. The fourth-order valence-electron chi connectivity index (χ4n) is 1.99. The number of aromatic nitrogens is 2. The summed E-state index contributed by atoms with van der Waals surface area (Å²) in [6, 6.07) is -1.04. The Hall–Kier alpha value is -1.42. The molecule has 0 unspecified atom stereocenters. The van der Waals surface area contributed by atoms with E-state index in [1.54, 1.807) is 0 Å². The number of alkyl halides is 3. The Kier molecular flexibility index (Phi) is 3.87. The maximum Gasteiger partial charge on any atom is 0.438 e. The first-order valence-electron chi connectivity index (χ1n) is 5.93. The summed E-state index contributed by atoms with van der Waals surface area (Å²) in [5.41, 5.74) is -3.29. The van der Waals surface area contributed by atoms with Crippen LogP contribution in [0, 0.1) is 0 Å². The summed E-state index contributed by atoms with van der Waals surface area (Å²) in [4.78, 5) is 12.2. The fourth-order valence-corrected chi connectivity index (χ4v) is 2.29. The van der Waals surface area contributed by atoms with Crippen LogP contribution < -0.4 is 0 Å². The lowest BCUT2D eigenvalue weighted by Gasteiger charge is -2.33. The third-order valence-electron chi connectivity index (χ3n) is 3.11. The number of halogens is 4. The molecule has 1 aromatic heterocycles. The second kappa shape index (κ2) is 5.09. The molecule has 0 fully saturated rings. The lowest BCUT2D eigenvalue weighted by Crippen LogP contribution is -2.57. The zero-order chi connectivity index (χ0) is 16.0. The van der Waals surface area contributed by atoms with Crippen LogP contribution in [-0.4, -0.2) is 43.4 Å². The molecule has 2 rings (SSSR count). The Labute approximate surface area is 126 Å². The maximum atomic E-state index is 13.1. The van der Waals surface area contributed by atoms with Gasteiger partial charge in [-0.15, -0.1) is 0 Å². The topological polar surface area (TPSA) is 70.7 Å². The number of rotatable bonds is 2. The van der Waals surface area contributed by atoms with E-state index in [2.05, 4.69) is 26.1 Å². The molecule has 6 nitrogen and oxygen atoms in total. The maximum absolute atomic E-state index is 13.1. The zero-order valence-corrected chi connectivity index (χ0v) is 12.7. The second-order valence-corrected chi connectivity index (χ2v) is 5.71. The molecule has 2 heterocycles. The van der Waals surface area contributed by atoms with Gasteiger partial charge in [0.1, 0.15) is 6.04 Å². The number of hydrazone groups is 1. The summed E-state index contributed by atoms with van der Waals surface area (Å²) in [7, 11) is 0. The fraction of sp³-hybridized carbons (Fsp3) is 0.545. The highest BCUT2D eigenvalue weighted by molar-refractivity contribution is 9.10. The van der Waals surface area contributed by atoms with Crippen LogP contribution in [-0.2, 0) is 4.79 Å². The van der Waals surface area contributed by atoms with Gasteiger partial charge in [0.15, 0.2) is 0 Å². The molecule has 0 spiro atoms. The molecule has 21 heavy (non-hydrogen) atoms. The van der Waals surface area contributed by atoms with Gasteiger partial charge >= 0.3 is 6.18 Å². The lowest BCUT2D eigenvalue weighted by molar-refractivity contribution is -0.303. The van der Waals surface area contributed by atoms with Crippen molar-refractivity contribution in [1.29, 1.82) is 0 Å². The molecule has 1 N–H and O–H groups in total. The van der Waals surface area contributed by atoms with Gasteiger partial charge in [0.2, 0.25) is 0 Å². The van der Waals surface area contributed by atoms with Crippen LogP contribution >= 0.6 is 15.9 Å². The van der Waals surface area contributed by atoms with Crippen LogP contribution in [0.25, 0.3) is 0 Å². The molecule has 0 aromatic carbocycles. The van der Waals surface area contributed by atoms with Crippen molar-refractivity contribution in [3.8, 4) is 0 Å². The summed E-state index contributed by atoms with van der Waals surface area (Å²) >= 11 is 3.13. The minimum atomic E-state index is -5.01.